The largest absolute Gasteiger partial charge is 0.342 e. The van der Waals surface area contributed by atoms with Gasteiger partial charge in [-0.1, -0.05) is 11.6 Å². The summed E-state index contributed by atoms with van der Waals surface area (Å²) in [5.74, 6) is -0.0156. The van der Waals surface area contributed by atoms with E-state index in [-0.39, 0.29) is 17.7 Å². The minimum absolute atomic E-state index is 0.0208. The molecule has 0 bridgehead atoms. The second-order valence-corrected chi connectivity index (χ2v) is 7.70. The van der Waals surface area contributed by atoms with Crippen LogP contribution in [0.25, 0.3) is 0 Å². The summed E-state index contributed by atoms with van der Waals surface area (Å²) in [6.07, 6.45) is 0.370. The minimum Gasteiger partial charge on any atom is -0.342 e. The van der Waals surface area contributed by atoms with Crippen LogP contribution in [0.15, 0.2) is 24.3 Å². The molecule has 3 rings (SSSR count). The number of likely N-dealkylation sites (tertiary alicyclic amines) is 1. The highest BCUT2D eigenvalue weighted by molar-refractivity contribution is 6.30. The molecule has 2 heterocycles. The summed E-state index contributed by atoms with van der Waals surface area (Å²) in [6, 6.07) is 6.82. The monoisotopic (exact) mass is 377 g/mol. The van der Waals surface area contributed by atoms with Gasteiger partial charge in [-0.25, -0.2) is 0 Å². The van der Waals surface area contributed by atoms with Crippen molar-refractivity contribution in [3.63, 3.8) is 0 Å². The van der Waals surface area contributed by atoms with Crippen LogP contribution in [-0.2, 0) is 9.59 Å². The van der Waals surface area contributed by atoms with Crippen LogP contribution >= 0.6 is 11.6 Å². The molecule has 1 atom stereocenters. The van der Waals surface area contributed by atoms with Gasteiger partial charge in [0.25, 0.3) is 5.91 Å². The Morgan fingerprint density at radius 1 is 1.08 bits per heavy atom. The Bertz CT molecular complexity index is 721. The topological polar surface area (TPSA) is 60.9 Å². The first-order chi connectivity index (χ1) is 12.3. The van der Waals surface area contributed by atoms with Gasteiger partial charge in [-0.15, -0.1) is 0 Å². The number of rotatable bonds is 2. The van der Waals surface area contributed by atoms with Gasteiger partial charge in [-0.05, 0) is 31.2 Å². The molecule has 26 heavy (non-hydrogen) atoms. The molecule has 1 aromatic carbocycles. The molecule has 2 fully saturated rings. The third kappa shape index (κ3) is 3.70. The van der Waals surface area contributed by atoms with Gasteiger partial charge in [0.15, 0.2) is 0 Å². The molecular weight excluding hydrogens is 354 g/mol. The van der Waals surface area contributed by atoms with Crippen LogP contribution in [0.1, 0.15) is 30.6 Å². The number of nitrogens with zero attached hydrogens (tertiary/aromatic N) is 3. The lowest BCUT2D eigenvalue weighted by atomic mass is 9.85. The molecule has 0 aromatic heterocycles. The van der Waals surface area contributed by atoms with Crippen molar-refractivity contribution in [1.82, 2.24) is 14.7 Å². The molecule has 2 saturated heterocycles. The van der Waals surface area contributed by atoms with Crippen LogP contribution in [0.4, 0.5) is 0 Å². The number of hydrogen-bond donors (Lipinski definition) is 0. The van der Waals surface area contributed by atoms with Crippen molar-refractivity contribution in [2.75, 3.05) is 39.3 Å². The maximum absolute atomic E-state index is 13.0. The number of carbonyl (C=O) groups is 3. The van der Waals surface area contributed by atoms with E-state index in [1.165, 1.54) is 0 Å². The number of benzene rings is 1. The standard InChI is InChI=1S/C19H24ClN3O3/c1-3-21-11-19(10-17(21)25)12-22(14(2)24)8-9-23(13-19)18(26)15-4-6-16(20)7-5-15/h4-7H,3,8-13H2,1-2H3/t19-/m0/s1. The van der Waals surface area contributed by atoms with Crippen molar-refractivity contribution in [2.24, 2.45) is 5.41 Å². The van der Waals surface area contributed by atoms with Crippen LogP contribution in [0.2, 0.25) is 5.02 Å². The Hall–Kier alpha value is -2.08. The normalized spacial score (nSPS) is 23.5. The average Bonchev–Trinajstić information content (AvgIpc) is 2.80. The molecule has 0 saturated carbocycles. The van der Waals surface area contributed by atoms with Gasteiger partial charge in [0.05, 0.1) is 0 Å². The molecule has 0 unspecified atom stereocenters. The molecule has 7 heteroatoms. The molecule has 1 aromatic rings. The Morgan fingerprint density at radius 2 is 1.69 bits per heavy atom. The summed E-state index contributed by atoms with van der Waals surface area (Å²) < 4.78 is 0. The fraction of sp³-hybridized carbons (Fsp3) is 0.526. The second kappa shape index (κ2) is 7.27. The first-order valence-electron chi connectivity index (χ1n) is 8.92. The van der Waals surface area contributed by atoms with E-state index in [1.807, 2.05) is 11.8 Å². The highest BCUT2D eigenvalue weighted by Gasteiger charge is 2.47. The van der Waals surface area contributed by atoms with Crippen LogP contribution in [-0.4, -0.2) is 71.7 Å². The predicted molar refractivity (Wildman–Crippen MR) is 98.9 cm³/mol. The summed E-state index contributed by atoms with van der Waals surface area (Å²) >= 11 is 5.92. The zero-order chi connectivity index (χ0) is 18.9. The molecule has 140 valence electrons. The van der Waals surface area contributed by atoms with Crippen LogP contribution in [0.5, 0.6) is 0 Å². The fourth-order valence-electron chi connectivity index (χ4n) is 3.96. The third-order valence-corrected chi connectivity index (χ3v) is 5.55. The summed E-state index contributed by atoms with van der Waals surface area (Å²) in [5, 5.41) is 0.580. The predicted octanol–water partition coefficient (Wildman–Crippen LogP) is 1.88. The molecular formula is C19H24ClN3O3. The van der Waals surface area contributed by atoms with Crippen molar-refractivity contribution in [3.8, 4) is 0 Å². The van der Waals surface area contributed by atoms with E-state index in [2.05, 4.69) is 0 Å². The van der Waals surface area contributed by atoms with Crippen LogP contribution < -0.4 is 0 Å². The van der Waals surface area contributed by atoms with Gasteiger partial charge in [0.2, 0.25) is 11.8 Å². The SMILES string of the molecule is CCN1C[C@@]2(CC1=O)CN(C(C)=O)CCN(C(=O)c1ccc(Cl)cc1)C2. The molecule has 0 radical (unpaired) electrons. The van der Waals surface area contributed by atoms with E-state index in [0.717, 1.165) is 0 Å². The van der Waals surface area contributed by atoms with Gasteiger partial charge in [-0.3, -0.25) is 14.4 Å². The fourth-order valence-corrected chi connectivity index (χ4v) is 4.08. The van der Waals surface area contributed by atoms with Gasteiger partial charge < -0.3 is 14.7 Å². The van der Waals surface area contributed by atoms with Crippen molar-refractivity contribution in [1.29, 1.82) is 0 Å². The van der Waals surface area contributed by atoms with E-state index in [4.69, 9.17) is 11.6 Å². The Morgan fingerprint density at radius 3 is 2.27 bits per heavy atom. The third-order valence-electron chi connectivity index (χ3n) is 5.30. The maximum atomic E-state index is 13.0. The molecule has 0 N–H and O–H groups in total. The van der Waals surface area contributed by atoms with Gasteiger partial charge >= 0.3 is 0 Å². The zero-order valence-electron chi connectivity index (χ0n) is 15.2. The molecule has 1 spiro atoms. The van der Waals surface area contributed by atoms with Crippen molar-refractivity contribution in [2.45, 2.75) is 20.3 Å². The first-order valence-corrected chi connectivity index (χ1v) is 9.29. The Labute approximate surface area is 158 Å². The second-order valence-electron chi connectivity index (χ2n) is 7.26. The van der Waals surface area contributed by atoms with Gasteiger partial charge in [0.1, 0.15) is 0 Å². The highest BCUT2D eigenvalue weighted by Crippen LogP contribution is 2.35. The number of halogens is 1. The van der Waals surface area contributed by atoms with E-state index in [0.29, 0.717) is 56.3 Å². The van der Waals surface area contributed by atoms with Crippen LogP contribution in [0, 0.1) is 5.41 Å². The van der Waals surface area contributed by atoms with E-state index < -0.39 is 5.41 Å². The molecule has 2 aliphatic heterocycles. The number of hydrogen-bond acceptors (Lipinski definition) is 3. The van der Waals surface area contributed by atoms with Gasteiger partial charge in [0, 0.05) is 68.6 Å². The van der Waals surface area contributed by atoms with Crippen molar-refractivity contribution >= 4 is 29.3 Å². The van der Waals surface area contributed by atoms with Crippen LogP contribution in [0.3, 0.4) is 0 Å². The molecule has 2 aliphatic rings. The lowest BCUT2D eigenvalue weighted by Gasteiger charge is -2.33. The van der Waals surface area contributed by atoms with Crippen molar-refractivity contribution in [3.05, 3.63) is 34.9 Å². The summed E-state index contributed by atoms with van der Waals surface area (Å²) in [6.45, 7) is 6.64. The molecule has 0 aliphatic carbocycles. The maximum Gasteiger partial charge on any atom is 0.253 e. The number of carbonyl (C=O) groups excluding carboxylic acids is 3. The smallest absolute Gasteiger partial charge is 0.253 e. The molecule has 3 amide bonds. The lowest BCUT2D eigenvalue weighted by Crippen LogP contribution is -2.45. The minimum atomic E-state index is -0.405. The van der Waals surface area contributed by atoms with E-state index in [1.54, 1.807) is 41.0 Å². The van der Waals surface area contributed by atoms with Crippen molar-refractivity contribution < 1.29 is 14.4 Å². The van der Waals surface area contributed by atoms with E-state index in [9.17, 15) is 14.4 Å². The summed E-state index contributed by atoms with van der Waals surface area (Å²) in [4.78, 5) is 42.7. The number of amides is 3. The Balaban J connectivity index is 1.87. The Kier molecular flexibility index (Phi) is 5.23. The average molecular weight is 378 g/mol. The lowest BCUT2D eigenvalue weighted by molar-refractivity contribution is -0.130. The van der Waals surface area contributed by atoms with E-state index >= 15 is 0 Å². The van der Waals surface area contributed by atoms with Gasteiger partial charge in [-0.2, -0.15) is 0 Å². The summed E-state index contributed by atoms with van der Waals surface area (Å²) in [7, 11) is 0. The highest BCUT2D eigenvalue weighted by atomic mass is 35.5. The molecule has 6 nitrogen and oxygen atoms in total. The first kappa shape index (κ1) is 18.7. The summed E-state index contributed by atoms with van der Waals surface area (Å²) in [5.41, 5.74) is 0.162. The quantitative estimate of drug-likeness (QED) is 0.790. The zero-order valence-corrected chi connectivity index (χ0v) is 16.0.